The molecule has 0 unspecified atom stereocenters. The number of nitrogens with zero attached hydrogens (tertiary/aromatic N) is 1. The van der Waals surface area contributed by atoms with Crippen molar-refractivity contribution < 1.29 is 9.53 Å². The van der Waals surface area contributed by atoms with Crippen LogP contribution in [0, 0.1) is 0 Å². The molecule has 1 aromatic carbocycles. The van der Waals surface area contributed by atoms with Gasteiger partial charge in [-0.3, -0.25) is 4.79 Å². The normalized spacial score (nSPS) is 19.6. The lowest BCUT2D eigenvalue weighted by Gasteiger charge is -2.31. The fourth-order valence-electron chi connectivity index (χ4n) is 2.44. The number of methoxy groups -OCH3 is 1. The number of benzene rings is 1. The summed E-state index contributed by atoms with van der Waals surface area (Å²) >= 11 is 0. The number of ether oxygens (including phenoxy) is 1. The maximum absolute atomic E-state index is 12.0. The van der Waals surface area contributed by atoms with Gasteiger partial charge in [-0.25, -0.2) is 0 Å². The van der Waals surface area contributed by atoms with Gasteiger partial charge in [-0.05, 0) is 19.1 Å². The third kappa shape index (κ3) is 4.21. The predicted molar refractivity (Wildman–Crippen MR) is 80.1 cm³/mol. The van der Waals surface area contributed by atoms with E-state index in [9.17, 15) is 4.79 Å². The lowest BCUT2D eigenvalue weighted by atomic mass is 10.2. The molecule has 1 amide bonds. The van der Waals surface area contributed by atoms with Crippen molar-refractivity contribution in [2.45, 2.75) is 19.4 Å². The summed E-state index contributed by atoms with van der Waals surface area (Å²) in [5, 5.41) is 6.30. The molecule has 0 spiro atoms. The van der Waals surface area contributed by atoms with Crippen LogP contribution in [0.4, 0.5) is 5.69 Å². The first-order valence-electron chi connectivity index (χ1n) is 7.07. The van der Waals surface area contributed by atoms with Crippen LogP contribution >= 0.6 is 0 Å². The van der Waals surface area contributed by atoms with E-state index >= 15 is 0 Å². The number of hydrogen-bond donors (Lipinski definition) is 2. The molecule has 0 aliphatic carbocycles. The van der Waals surface area contributed by atoms with Crippen molar-refractivity contribution in [3.05, 3.63) is 24.3 Å². The number of para-hydroxylation sites is 2. The number of nitrogens with one attached hydrogen (secondary N) is 2. The van der Waals surface area contributed by atoms with Crippen LogP contribution in [0.2, 0.25) is 0 Å². The Morgan fingerprint density at radius 1 is 1.50 bits per heavy atom. The molecule has 1 aliphatic heterocycles. The predicted octanol–water partition coefficient (Wildman–Crippen LogP) is 1.32. The molecule has 0 radical (unpaired) electrons. The number of hydrogen-bond acceptors (Lipinski definition) is 4. The summed E-state index contributed by atoms with van der Waals surface area (Å²) in [4.78, 5) is 14.3. The number of rotatable bonds is 5. The zero-order valence-electron chi connectivity index (χ0n) is 12.2. The molecule has 1 aliphatic rings. The van der Waals surface area contributed by atoms with Crippen LogP contribution in [0.25, 0.3) is 0 Å². The fourth-order valence-corrected chi connectivity index (χ4v) is 2.44. The van der Waals surface area contributed by atoms with Gasteiger partial charge in [0.05, 0.1) is 12.8 Å². The van der Waals surface area contributed by atoms with Gasteiger partial charge in [0, 0.05) is 38.6 Å². The minimum atomic E-state index is 0.0284. The van der Waals surface area contributed by atoms with E-state index < -0.39 is 0 Å². The number of amides is 1. The van der Waals surface area contributed by atoms with Crippen molar-refractivity contribution in [2.24, 2.45) is 0 Å². The Hall–Kier alpha value is -1.59. The minimum absolute atomic E-state index is 0.0284. The Labute approximate surface area is 120 Å². The zero-order chi connectivity index (χ0) is 14.4. The quantitative estimate of drug-likeness (QED) is 0.852. The van der Waals surface area contributed by atoms with Crippen LogP contribution < -0.4 is 15.4 Å². The first-order valence-corrected chi connectivity index (χ1v) is 7.07. The van der Waals surface area contributed by atoms with Crippen LogP contribution in [0.15, 0.2) is 24.3 Å². The molecule has 0 bridgehead atoms. The summed E-state index contributed by atoms with van der Waals surface area (Å²) in [7, 11) is 1.60. The van der Waals surface area contributed by atoms with Crippen LogP contribution in [-0.2, 0) is 4.79 Å². The molecule has 110 valence electrons. The summed E-state index contributed by atoms with van der Waals surface area (Å²) in [5.74, 6) is 0.720. The highest BCUT2D eigenvalue weighted by molar-refractivity contribution is 5.92. The molecule has 1 atom stereocenters. The van der Waals surface area contributed by atoms with E-state index in [0.29, 0.717) is 18.2 Å². The molecular formula is C15H23N3O2. The van der Waals surface area contributed by atoms with Crippen molar-refractivity contribution in [1.29, 1.82) is 0 Å². The molecule has 20 heavy (non-hydrogen) atoms. The van der Waals surface area contributed by atoms with Gasteiger partial charge in [-0.1, -0.05) is 12.1 Å². The summed E-state index contributed by atoms with van der Waals surface area (Å²) in [6.07, 6.45) is 0.505. The molecule has 0 aromatic heterocycles. The van der Waals surface area contributed by atoms with Crippen molar-refractivity contribution in [2.75, 3.05) is 38.6 Å². The largest absolute Gasteiger partial charge is 0.495 e. The SMILES string of the molecule is COc1ccccc1NC(=O)CCN1CCN[C@@H](C)C1. The van der Waals surface area contributed by atoms with Crippen LogP contribution in [0.3, 0.4) is 0 Å². The van der Waals surface area contributed by atoms with E-state index in [1.807, 2.05) is 24.3 Å². The second-order valence-electron chi connectivity index (χ2n) is 5.15. The fraction of sp³-hybridized carbons (Fsp3) is 0.533. The molecule has 1 fully saturated rings. The van der Waals surface area contributed by atoms with E-state index in [1.165, 1.54) is 0 Å². The highest BCUT2D eigenvalue weighted by Gasteiger charge is 2.16. The Balaban J connectivity index is 1.80. The smallest absolute Gasteiger partial charge is 0.225 e. The average Bonchev–Trinajstić information content (AvgIpc) is 2.46. The van der Waals surface area contributed by atoms with E-state index in [0.717, 1.165) is 31.9 Å². The molecule has 1 heterocycles. The van der Waals surface area contributed by atoms with E-state index in [1.54, 1.807) is 7.11 Å². The molecule has 5 heteroatoms. The molecule has 5 nitrogen and oxygen atoms in total. The summed E-state index contributed by atoms with van der Waals surface area (Å²) in [5.41, 5.74) is 0.730. The Morgan fingerprint density at radius 3 is 3.05 bits per heavy atom. The van der Waals surface area contributed by atoms with E-state index in [2.05, 4.69) is 22.5 Å². The van der Waals surface area contributed by atoms with Gasteiger partial charge in [0.1, 0.15) is 5.75 Å². The van der Waals surface area contributed by atoms with Crippen molar-refractivity contribution in [3.63, 3.8) is 0 Å². The standard InChI is InChI=1S/C15H23N3O2/c1-12-11-18(10-8-16-12)9-7-15(19)17-13-5-3-4-6-14(13)20-2/h3-6,12,16H,7-11H2,1-2H3,(H,17,19)/t12-/m0/s1. The molecule has 1 aromatic rings. The number of piperazine rings is 1. The van der Waals surface area contributed by atoms with Gasteiger partial charge < -0.3 is 20.3 Å². The third-order valence-electron chi connectivity index (χ3n) is 3.49. The highest BCUT2D eigenvalue weighted by atomic mass is 16.5. The van der Waals surface area contributed by atoms with Crippen LogP contribution in [0.1, 0.15) is 13.3 Å². The Bertz CT molecular complexity index is 450. The van der Waals surface area contributed by atoms with Gasteiger partial charge in [-0.2, -0.15) is 0 Å². The van der Waals surface area contributed by atoms with Gasteiger partial charge in [0.2, 0.25) is 5.91 Å². The molecule has 1 saturated heterocycles. The van der Waals surface area contributed by atoms with Crippen molar-refractivity contribution in [3.8, 4) is 5.75 Å². The van der Waals surface area contributed by atoms with Crippen molar-refractivity contribution in [1.82, 2.24) is 10.2 Å². The lowest BCUT2D eigenvalue weighted by molar-refractivity contribution is -0.116. The maximum atomic E-state index is 12.0. The lowest BCUT2D eigenvalue weighted by Crippen LogP contribution is -2.49. The second-order valence-corrected chi connectivity index (χ2v) is 5.15. The molecule has 2 rings (SSSR count). The number of carbonyl (C=O) groups is 1. The summed E-state index contributed by atoms with van der Waals surface area (Å²) < 4.78 is 5.22. The van der Waals surface area contributed by atoms with Crippen molar-refractivity contribution >= 4 is 11.6 Å². The monoisotopic (exact) mass is 277 g/mol. The second kappa shape index (κ2) is 7.26. The number of anilines is 1. The average molecular weight is 277 g/mol. The first kappa shape index (κ1) is 14.8. The van der Waals surface area contributed by atoms with Crippen LogP contribution in [0.5, 0.6) is 5.75 Å². The minimum Gasteiger partial charge on any atom is -0.495 e. The topological polar surface area (TPSA) is 53.6 Å². The van der Waals surface area contributed by atoms with Gasteiger partial charge in [0.25, 0.3) is 0 Å². The molecule has 0 saturated carbocycles. The van der Waals surface area contributed by atoms with Crippen LogP contribution in [-0.4, -0.2) is 50.1 Å². The maximum Gasteiger partial charge on any atom is 0.225 e. The molecule has 2 N–H and O–H groups in total. The van der Waals surface area contributed by atoms with E-state index in [-0.39, 0.29) is 5.91 Å². The Kier molecular flexibility index (Phi) is 5.38. The summed E-state index contributed by atoms with van der Waals surface area (Å²) in [6.45, 7) is 5.97. The first-order chi connectivity index (χ1) is 9.69. The highest BCUT2D eigenvalue weighted by Crippen LogP contribution is 2.23. The Morgan fingerprint density at radius 2 is 2.30 bits per heavy atom. The number of carbonyl (C=O) groups excluding carboxylic acids is 1. The summed E-state index contributed by atoms with van der Waals surface area (Å²) in [6, 6.07) is 7.96. The molecular weight excluding hydrogens is 254 g/mol. The van der Waals surface area contributed by atoms with Gasteiger partial charge in [0.15, 0.2) is 0 Å². The zero-order valence-corrected chi connectivity index (χ0v) is 12.2. The van der Waals surface area contributed by atoms with Gasteiger partial charge in [-0.15, -0.1) is 0 Å². The van der Waals surface area contributed by atoms with Gasteiger partial charge >= 0.3 is 0 Å². The van der Waals surface area contributed by atoms with E-state index in [4.69, 9.17) is 4.74 Å². The third-order valence-corrected chi connectivity index (χ3v) is 3.49.